The monoisotopic (exact) mass is 172 g/mol. The summed E-state index contributed by atoms with van der Waals surface area (Å²) in [6, 6.07) is 3.44. The van der Waals surface area contributed by atoms with Gasteiger partial charge in [0, 0.05) is 0 Å². The molecule has 0 bridgehead atoms. The Morgan fingerprint density at radius 2 is 1.40 bits per heavy atom. The molecule has 0 atom stereocenters. The summed E-state index contributed by atoms with van der Waals surface area (Å²) in [7, 11) is 0. The van der Waals surface area contributed by atoms with Gasteiger partial charge in [-0.05, 0) is 0 Å². The van der Waals surface area contributed by atoms with Crippen LogP contribution in [-0.2, 0) is 0 Å². The zero-order valence-electron chi connectivity index (χ0n) is 5.07. The van der Waals surface area contributed by atoms with Crippen molar-refractivity contribution < 1.29 is 21.2 Å². The van der Waals surface area contributed by atoms with Gasteiger partial charge in [-0.25, -0.2) is 0 Å². The summed E-state index contributed by atoms with van der Waals surface area (Å²) < 4.78 is 25.0. The van der Waals surface area contributed by atoms with Crippen molar-refractivity contribution in [2.24, 2.45) is 0 Å². The summed E-state index contributed by atoms with van der Waals surface area (Å²) in [6.45, 7) is 0. The van der Waals surface area contributed by atoms with Crippen LogP contribution in [0.3, 0.4) is 0 Å². The first-order chi connectivity index (χ1) is 4.18. The molecular formula is C6H3ClF2Mg. The number of halogens is 3. The molecule has 0 spiro atoms. The molecule has 0 aliphatic rings. The van der Waals surface area contributed by atoms with Crippen LogP contribution in [0, 0.1) is 11.6 Å². The fourth-order valence-corrected chi connectivity index (χ4v) is 1.00. The van der Waals surface area contributed by atoms with E-state index < -0.39 is 11.6 Å². The van der Waals surface area contributed by atoms with Crippen LogP contribution in [0.2, 0.25) is 0 Å². The van der Waals surface area contributed by atoms with Crippen LogP contribution in [0.15, 0.2) is 18.2 Å². The smallest absolute Gasteiger partial charge is 1.00 e. The van der Waals surface area contributed by atoms with E-state index in [0.29, 0.717) is 3.69 Å². The van der Waals surface area contributed by atoms with Gasteiger partial charge in [-0.15, -0.1) is 0 Å². The Hall–Kier alpha value is 0.136. The fraction of sp³-hybridized carbons (Fsp3) is 0. The average Bonchev–Trinajstić information content (AvgIpc) is 1.59. The van der Waals surface area contributed by atoms with Crippen LogP contribution in [-0.4, -0.2) is 21.7 Å². The standard InChI is InChI=1S/C6H3F2.ClH.Mg/c7-5-2-1-3-6(8)4-5;;/h2-4H;1H;/q;;+1/p-1. The predicted molar refractivity (Wildman–Crippen MR) is 31.7 cm³/mol. The van der Waals surface area contributed by atoms with Gasteiger partial charge < -0.3 is 12.4 Å². The molecule has 0 aromatic heterocycles. The first-order valence-corrected chi connectivity index (χ1v) is 3.17. The maximum atomic E-state index is 12.2. The minimum absolute atomic E-state index is 0. The van der Waals surface area contributed by atoms with Gasteiger partial charge in [0.15, 0.2) is 0 Å². The molecule has 0 saturated heterocycles. The van der Waals surface area contributed by atoms with Crippen molar-refractivity contribution in [1.82, 2.24) is 0 Å². The third kappa shape index (κ3) is 2.81. The van der Waals surface area contributed by atoms with Crippen LogP contribution in [0.1, 0.15) is 0 Å². The number of hydrogen-bond acceptors (Lipinski definition) is 0. The molecule has 0 radical (unpaired) electrons. The van der Waals surface area contributed by atoms with Crippen LogP contribution >= 0.6 is 0 Å². The molecule has 0 heterocycles. The average molecular weight is 173 g/mol. The van der Waals surface area contributed by atoms with Crippen molar-refractivity contribution in [3.8, 4) is 0 Å². The first-order valence-electron chi connectivity index (χ1n) is 2.46. The van der Waals surface area contributed by atoms with Crippen molar-refractivity contribution in [1.29, 1.82) is 0 Å². The SMILES string of the molecule is Fc1cc(F)c[c]([Mg+])c1.[Cl-]. The second-order valence-electron chi connectivity index (χ2n) is 1.78. The molecular weight excluding hydrogens is 170 g/mol. The summed E-state index contributed by atoms with van der Waals surface area (Å²) in [5, 5.41) is 0. The van der Waals surface area contributed by atoms with Crippen molar-refractivity contribution in [2.75, 3.05) is 0 Å². The topological polar surface area (TPSA) is 0 Å². The molecule has 10 heavy (non-hydrogen) atoms. The minimum atomic E-state index is -0.514. The van der Waals surface area contributed by atoms with E-state index in [9.17, 15) is 8.78 Å². The predicted octanol–water partition coefficient (Wildman–Crippen LogP) is -2.24. The maximum Gasteiger partial charge on any atom is -1.00 e. The second-order valence-corrected chi connectivity index (χ2v) is 2.59. The van der Waals surface area contributed by atoms with E-state index in [4.69, 9.17) is 0 Å². The van der Waals surface area contributed by atoms with E-state index >= 15 is 0 Å². The Labute approximate surface area is 76.5 Å². The summed E-state index contributed by atoms with van der Waals surface area (Å²) in [5.41, 5.74) is 0. The Balaban J connectivity index is 0.000000810. The van der Waals surface area contributed by atoms with Crippen molar-refractivity contribution in [3.63, 3.8) is 0 Å². The molecule has 0 aliphatic heterocycles. The molecule has 0 nitrogen and oxygen atoms in total. The minimum Gasteiger partial charge on any atom is -1.00 e. The van der Waals surface area contributed by atoms with Gasteiger partial charge in [0.05, 0.1) is 0 Å². The number of rotatable bonds is 0. The normalized spacial score (nSPS) is 8.80. The Morgan fingerprint density at radius 1 is 1.00 bits per heavy atom. The molecule has 1 aromatic rings. The third-order valence-corrected chi connectivity index (χ3v) is 1.33. The van der Waals surface area contributed by atoms with Gasteiger partial charge >= 0.3 is 64.0 Å². The van der Waals surface area contributed by atoms with Crippen molar-refractivity contribution in [3.05, 3.63) is 29.8 Å². The summed E-state index contributed by atoms with van der Waals surface area (Å²) in [4.78, 5) is 0. The number of hydrogen-bond donors (Lipinski definition) is 0. The molecule has 50 valence electrons. The Kier molecular flexibility index (Phi) is 4.16. The molecule has 0 fully saturated rings. The summed E-state index contributed by atoms with van der Waals surface area (Å²) in [5.74, 6) is -1.03. The van der Waals surface area contributed by atoms with Crippen LogP contribution in [0.4, 0.5) is 8.78 Å². The van der Waals surface area contributed by atoms with E-state index in [-0.39, 0.29) is 12.4 Å². The van der Waals surface area contributed by atoms with Gasteiger partial charge in [0.25, 0.3) is 0 Å². The van der Waals surface area contributed by atoms with Crippen LogP contribution in [0.5, 0.6) is 0 Å². The zero-order chi connectivity index (χ0) is 6.85. The van der Waals surface area contributed by atoms with E-state index in [0.717, 1.165) is 6.07 Å². The van der Waals surface area contributed by atoms with Crippen LogP contribution in [0.25, 0.3) is 0 Å². The van der Waals surface area contributed by atoms with E-state index in [1.807, 2.05) is 0 Å². The molecule has 1 rings (SSSR count). The van der Waals surface area contributed by atoms with Crippen LogP contribution < -0.4 is 16.1 Å². The quantitative estimate of drug-likeness (QED) is 0.389. The van der Waals surface area contributed by atoms with E-state index in [2.05, 4.69) is 0 Å². The zero-order valence-corrected chi connectivity index (χ0v) is 7.24. The first kappa shape index (κ1) is 10.1. The molecule has 0 saturated carbocycles. The molecule has 0 aliphatic carbocycles. The Bertz CT molecular complexity index is 177. The maximum absolute atomic E-state index is 12.2. The van der Waals surface area contributed by atoms with E-state index in [1.165, 1.54) is 33.8 Å². The summed E-state index contributed by atoms with van der Waals surface area (Å²) >= 11 is 1.45. The molecule has 0 amide bonds. The van der Waals surface area contributed by atoms with Gasteiger partial charge in [0.1, 0.15) is 0 Å². The molecule has 4 heteroatoms. The fourth-order valence-electron chi connectivity index (χ4n) is 0.611. The number of benzene rings is 1. The summed E-state index contributed by atoms with van der Waals surface area (Å²) in [6.07, 6.45) is 0. The van der Waals surface area contributed by atoms with Gasteiger partial charge in [-0.1, -0.05) is 0 Å². The van der Waals surface area contributed by atoms with E-state index in [1.54, 1.807) is 0 Å². The molecule has 1 aromatic carbocycles. The van der Waals surface area contributed by atoms with Crippen molar-refractivity contribution in [2.45, 2.75) is 0 Å². The van der Waals surface area contributed by atoms with Gasteiger partial charge in [-0.3, -0.25) is 0 Å². The molecule has 0 unspecified atom stereocenters. The largest absolute Gasteiger partial charge is 1.00 e. The van der Waals surface area contributed by atoms with Gasteiger partial charge in [0.2, 0.25) is 0 Å². The molecule has 0 N–H and O–H groups in total. The van der Waals surface area contributed by atoms with Crippen molar-refractivity contribution >= 4 is 25.4 Å². The second kappa shape index (κ2) is 4.11. The Morgan fingerprint density at radius 3 is 1.70 bits per heavy atom. The van der Waals surface area contributed by atoms with Gasteiger partial charge in [-0.2, -0.15) is 0 Å². The third-order valence-electron chi connectivity index (χ3n) is 0.922.